The molecule has 1 aliphatic rings. The Balaban J connectivity index is 1.81. The van der Waals surface area contributed by atoms with Gasteiger partial charge in [0.2, 0.25) is 0 Å². The number of nitrogens with zero attached hydrogens (tertiary/aromatic N) is 2. The molecular formula is C22H25N5O. The third kappa shape index (κ3) is 3.11. The van der Waals surface area contributed by atoms with E-state index in [0.29, 0.717) is 5.82 Å². The number of allylic oxidation sites excluding steroid dienone is 4. The van der Waals surface area contributed by atoms with Gasteiger partial charge < -0.3 is 15.8 Å². The maximum atomic E-state index is 6.21. The minimum absolute atomic E-state index is 0.00384. The third-order valence-corrected chi connectivity index (χ3v) is 5.24. The second-order valence-electron chi connectivity index (χ2n) is 7.89. The summed E-state index contributed by atoms with van der Waals surface area (Å²) in [7, 11) is 1.65. The van der Waals surface area contributed by atoms with Crippen LogP contribution in [0.2, 0.25) is 0 Å². The van der Waals surface area contributed by atoms with Crippen molar-refractivity contribution in [2.45, 2.75) is 27.2 Å². The molecule has 2 heterocycles. The third-order valence-electron chi connectivity index (χ3n) is 5.24. The first-order valence-electron chi connectivity index (χ1n) is 9.31. The van der Waals surface area contributed by atoms with Crippen molar-refractivity contribution >= 4 is 22.5 Å². The monoisotopic (exact) mass is 375 g/mol. The summed E-state index contributed by atoms with van der Waals surface area (Å²) >= 11 is 0. The lowest BCUT2D eigenvalue weighted by Crippen LogP contribution is -2.23. The Morgan fingerprint density at radius 1 is 1.25 bits per heavy atom. The van der Waals surface area contributed by atoms with Crippen LogP contribution in [0.15, 0.2) is 53.9 Å². The molecule has 0 amide bonds. The normalized spacial score (nSPS) is 15.9. The van der Waals surface area contributed by atoms with Gasteiger partial charge in [-0.1, -0.05) is 37.6 Å². The number of fused-ring (bicyclic) bond motifs is 1. The van der Waals surface area contributed by atoms with Crippen LogP contribution in [0.25, 0.3) is 22.0 Å². The number of nitrogens with one attached hydrogen (secondary N) is 2. The van der Waals surface area contributed by atoms with Crippen LogP contribution >= 0.6 is 0 Å². The number of benzene rings is 1. The minimum Gasteiger partial charge on any atom is -0.497 e. The standard InChI is InChI=1S/C22H25N5O/c1-13-8-9-17(22(2,3)11-13)25-21-19-18(20(23)27-26-19)16(12-24-21)14-6-5-7-15(10-14)28-4/h5-10,12H,11H2,1-4H3,(H,24,25)(H3,23,26,27). The van der Waals surface area contributed by atoms with Gasteiger partial charge >= 0.3 is 0 Å². The molecule has 6 heteroatoms. The van der Waals surface area contributed by atoms with E-state index in [-0.39, 0.29) is 5.41 Å². The fourth-order valence-electron chi connectivity index (χ4n) is 3.80. The van der Waals surface area contributed by atoms with Crippen LogP contribution in [0.4, 0.5) is 11.6 Å². The van der Waals surface area contributed by atoms with Crippen molar-refractivity contribution < 1.29 is 4.74 Å². The van der Waals surface area contributed by atoms with Crippen LogP contribution in [0, 0.1) is 5.41 Å². The molecular weight excluding hydrogens is 350 g/mol. The number of aromatic nitrogens is 3. The summed E-state index contributed by atoms with van der Waals surface area (Å²) < 4.78 is 5.36. The fourth-order valence-corrected chi connectivity index (χ4v) is 3.80. The van der Waals surface area contributed by atoms with E-state index in [9.17, 15) is 0 Å². The van der Waals surface area contributed by atoms with E-state index in [2.05, 4.69) is 48.4 Å². The van der Waals surface area contributed by atoms with Crippen molar-refractivity contribution in [2.75, 3.05) is 18.2 Å². The highest BCUT2D eigenvalue weighted by Gasteiger charge is 2.27. The molecule has 0 aliphatic heterocycles. The average Bonchev–Trinajstić information content (AvgIpc) is 3.06. The number of hydrogen-bond acceptors (Lipinski definition) is 5. The van der Waals surface area contributed by atoms with Crippen molar-refractivity contribution in [3.8, 4) is 16.9 Å². The van der Waals surface area contributed by atoms with E-state index in [1.54, 1.807) is 7.11 Å². The van der Waals surface area contributed by atoms with Crippen molar-refractivity contribution in [3.63, 3.8) is 0 Å². The largest absolute Gasteiger partial charge is 0.497 e. The predicted octanol–water partition coefficient (Wildman–Crippen LogP) is 4.89. The van der Waals surface area contributed by atoms with Gasteiger partial charge in [0.15, 0.2) is 11.6 Å². The summed E-state index contributed by atoms with van der Waals surface area (Å²) in [6.07, 6.45) is 7.11. The molecule has 0 radical (unpaired) electrons. The average molecular weight is 375 g/mol. The lowest BCUT2D eigenvalue weighted by Gasteiger charge is -2.32. The Hall–Kier alpha value is -3.28. The topological polar surface area (TPSA) is 88.8 Å². The molecule has 1 aromatic carbocycles. The van der Waals surface area contributed by atoms with E-state index >= 15 is 0 Å². The minimum atomic E-state index is 0.00384. The summed E-state index contributed by atoms with van der Waals surface area (Å²) in [5.41, 5.74) is 11.4. The smallest absolute Gasteiger partial charge is 0.156 e. The Kier molecular flexibility index (Phi) is 4.34. The molecule has 2 aromatic heterocycles. The maximum Gasteiger partial charge on any atom is 0.156 e. The summed E-state index contributed by atoms with van der Waals surface area (Å²) in [6, 6.07) is 7.84. The molecule has 0 unspecified atom stereocenters. The van der Waals surface area contributed by atoms with Gasteiger partial charge in [0.25, 0.3) is 0 Å². The number of methoxy groups -OCH3 is 1. The molecule has 0 saturated heterocycles. The van der Waals surface area contributed by atoms with E-state index in [1.165, 1.54) is 5.57 Å². The van der Waals surface area contributed by atoms with Crippen molar-refractivity contribution in [2.24, 2.45) is 5.41 Å². The quantitative estimate of drug-likeness (QED) is 0.604. The first-order chi connectivity index (χ1) is 13.4. The SMILES string of the molecule is COc1cccc(-c2cnc(NC3=CC=C(C)CC3(C)C)c3[nH]nc(N)c23)c1. The number of aromatic amines is 1. The lowest BCUT2D eigenvalue weighted by molar-refractivity contribution is 0.415. The number of H-pyrrole nitrogens is 1. The summed E-state index contributed by atoms with van der Waals surface area (Å²) in [6.45, 7) is 6.61. The van der Waals surface area contributed by atoms with Crippen molar-refractivity contribution in [1.82, 2.24) is 15.2 Å². The van der Waals surface area contributed by atoms with Gasteiger partial charge in [0, 0.05) is 22.9 Å². The van der Waals surface area contributed by atoms with Gasteiger partial charge in [-0.3, -0.25) is 5.10 Å². The molecule has 144 valence electrons. The lowest BCUT2D eigenvalue weighted by atomic mass is 9.79. The maximum absolute atomic E-state index is 6.21. The molecule has 0 atom stereocenters. The van der Waals surface area contributed by atoms with Gasteiger partial charge in [-0.15, -0.1) is 0 Å². The molecule has 0 fully saturated rings. The summed E-state index contributed by atoms with van der Waals surface area (Å²) in [5, 5.41) is 11.6. The van der Waals surface area contributed by atoms with Crippen molar-refractivity contribution in [1.29, 1.82) is 0 Å². The van der Waals surface area contributed by atoms with Crippen molar-refractivity contribution in [3.05, 3.63) is 53.9 Å². The molecule has 1 aliphatic carbocycles. The predicted molar refractivity (Wildman–Crippen MR) is 114 cm³/mol. The molecule has 0 spiro atoms. The first-order valence-corrected chi connectivity index (χ1v) is 9.31. The first kappa shape index (κ1) is 18.1. The molecule has 4 N–H and O–H groups in total. The van der Waals surface area contributed by atoms with Gasteiger partial charge in [0.05, 0.1) is 12.5 Å². The second-order valence-corrected chi connectivity index (χ2v) is 7.89. The molecule has 0 bridgehead atoms. The van der Waals surface area contributed by atoms with E-state index < -0.39 is 0 Å². The molecule has 4 rings (SSSR count). The number of nitrogens with two attached hydrogens (primary N) is 1. The zero-order chi connectivity index (χ0) is 19.9. The number of ether oxygens (including phenoxy) is 1. The summed E-state index contributed by atoms with van der Waals surface area (Å²) in [4.78, 5) is 4.69. The van der Waals surface area contributed by atoms with E-state index in [1.807, 2.05) is 30.5 Å². The van der Waals surface area contributed by atoms with E-state index in [0.717, 1.165) is 45.7 Å². The number of nitrogen functional groups attached to an aromatic ring is 1. The van der Waals surface area contributed by atoms with Gasteiger partial charge in [0.1, 0.15) is 11.3 Å². The van der Waals surface area contributed by atoms with Crippen LogP contribution in [-0.4, -0.2) is 22.3 Å². The second kappa shape index (κ2) is 6.71. The highest BCUT2D eigenvalue weighted by molar-refractivity contribution is 6.05. The van der Waals surface area contributed by atoms with Gasteiger partial charge in [-0.05, 0) is 37.1 Å². The highest BCUT2D eigenvalue weighted by atomic mass is 16.5. The number of anilines is 2. The Morgan fingerprint density at radius 3 is 2.82 bits per heavy atom. The zero-order valence-corrected chi connectivity index (χ0v) is 16.6. The van der Waals surface area contributed by atoms with Crippen LogP contribution in [-0.2, 0) is 0 Å². The zero-order valence-electron chi connectivity index (χ0n) is 16.6. The van der Waals surface area contributed by atoms with Crippen LogP contribution in [0.5, 0.6) is 5.75 Å². The Morgan fingerprint density at radius 2 is 2.07 bits per heavy atom. The molecule has 0 saturated carbocycles. The molecule has 3 aromatic rings. The molecule has 28 heavy (non-hydrogen) atoms. The molecule has 6 nitrogen and oxygen atoms in total. The van der Waals surface area contributed by atoms with Crippen LogP contribution in [0.1, 0.15) is 27.2 Å². The Labute approximate surface area is 164 Å². The highest BCUT2D eigenvalue weighted by Crippen LogP contribution is 2.39. The van der Waals surface area contributed by atoms with Crippen LogP contribution < -0.4 is 15.8 Å². The van der Waals surface area contributed by atoms with E-state index in [4.69, 9.17) is 15.5 Å². The number of rotatable bonds is 4. The Bertz CT molecular complexity index is 1110. The summed E-state index contributed by atoms with van der Waals surface area (Å²) in [5.74, 6) is 1.95. The van der Waals surface area contributed by atoms with Gasteiger partial charge in [-0.2, -0.15) is 5.10 Å². The number of hydrogen-bond donors (Lipinski definition) is 3. The van der Waals surface area contributed by atoms with Crippen LogP contribution in [0.3, 0.4) is 0 Å². The van der Waals surface area contributed by atoms with Gasteiger partial charge in [-0.25, -0.2) is 4.98 Å². The fraction of sp³-hybridized carbons (Fsp3) is 0.273. The number of pyridine rings is 1.